The van der Waals surface area contributed by atoms with Gasteiger partial charge in [0.1, 0.15) is 5.75 Å². The Balaban J connectivity index is 1.57. The molecule has 218 valence electrons. The molecule has 2 N–H and O–H groups in total. The van der Waals surface area contributed by atoms with Crippen molar-refractivity contribution in [1.82, 2.24) is 9.88 Å². The van der Waals surface area contributed by atoms with Crippen LogP contribution in [-0.2, 0) is 20.4 Å². The number of para-hydroxylation sites is 1. The zero-order chi connectivity index (χ0) is 30.2. The molecule has 1 fully saturated rings. The monoisotopic (exact) mass is 594 g/mol. The molecule has 3 aromatic carbocycles. The van der Waals surface area contributed by atoms with Gasteiger partial charge < -0.3 is 15.4 Å². The number of anilines is 3. The average Bonchev–Trinajstić information content (AvgIpc) is 3.30. The van der Waals surface area contributed by atoms with Gasteiger partial charge in [-0.3, -0.25) is 14.7 Å². The molecule has 10 nitrogen and oxygen atoms in total. The fraction of sp³-hybridized carbons (Fsp3) is 0.219. The van der Waals surface area contributed by atoms with Crippen molar-refractivity contribution in [3.8, 4) is 11.8 Å². The van der Waals surface area contributed by atoms with Crippen molar-refractivity contribution in [1.29, 1.82) is 5.26 Å². The molecule has 1 unspecified atom stereocenters. The number of ether oxygens (including phenoxy) is 1. The molecule has 0 radical (unpaired) electrons. The largest absolute Gasteiger partial charge is 0.493 e. The maximum Gasteiger partial charge on any atom is 0.271 e. The number of nitrogens with two attached hydrogens (primary N) is 1. The number of nitrogen functional groups attached to an aromatic ring is 1. The third-order valence-corrected chi connectivity index (χ3v) is 9.72. The lowest BCUT2D eigenvalue weighted by atomic mass is 9.80. The molecule has 11 heteroatoms. The minimum atomic E-state index is -4.37. The zero-order valence-electron chi connectivity index (χ0n) is 23.6. The lowest BCUT2D eigenvalue weighted by Gasteiger charge is -2.46. The number of sulfonamides is 1. The van der Waals surface area contributed by atoms with Gasteiger partial charge in [-0.05, 0) is 67.6 Å². The Kier molecular flexibility index (Phi) is 7.25. The van der Waals surface area contributed by atoms with E-state index < -0.39 is 21.5 Å². The SMILES string of the molecule is CCOc1ccccc1C1(N2CCN(c3ccncc3)CC2)C(=O)N(S(=O)(=O)c2ccc(N)cc2)c2ccc(C#N)cc21. The summed E-state index contributed by atoms with van der Waals surface area (Å²) in [5, 5.41) is 9.89. The number of aromatic nitrogens is 1. The van der Waals surface area contributed by atoms with Crippen LogP contribution >= 0.6 is 0 Å². The molecular weight excluding hydrogens is 564 g/mol. The summed E-state index contributed by atoms with van der Waals surface area (Å²) in [5.41, 5.74) is 7.11. The molecule has 3 heterocycles. The summed E-state index contributed by atoms with van der Waals surface area (Å²) in [7, 11) is -4.37. The minimum Gasteiger partial charge on any atom is -0.493 e. The van der Waals surface area contributed by atoms with Gasteiger partial charge in [0.25, 0.3) is 15.9 Å². The van der Waals surface area contributed by atoms with Crippen LogP contribution in [-0.4, -0.2) is 57.0 Å². The number of rotatable bonds is 7. The average molecular weight is 595 g/mol. The fourth-order valence-corrected chi connectivity index (χ4v) is 7.53. The van der Waals surface area contributed by atoms with Crippen molar-refractivity contribution in [3.63, 3.8) is 0 Å². The maximum absolute atomic E-state index is 15.1. The second-order valence-corrected chi connectivity index (χ2v) is 12.1. The van der Waals surface area contributed by atoms with Gasteiger partial charge >= 0.3 is 0 Å². The predicted octanol–water partition coefficient (Wildman–Crippen LogP) is 3.74. The number of benzene rings is 3. The Morgan fingerprint density at radius 2 is 1.65 bits per heavy atom. The second kappa shape index (κ2) is 11.1. The van der Waals surface area contributed by atoms with Crippen molar-refractivity contribution < 1.29 is 17.9 Å². The number of hydrogen-bond donors (Lipinski definition) is 1. The topological polar surface area (TPSA) is 133 Å². The molecule has 1 amide bonds. The van der Waals surface area contributed by atoms with E-state index in [1.165, 1.54) is 30.3 Å². The summed E-state index contributed by atoms with van der Waals surface area (Å²) >= 11 is 0. The Bertz CT molecular complexity index is 1820. The van der Waals surface area contributed by atoms with Gasteiger partial charge in [0, 0.05) is 61.1 Å². The summed E-state index contributed by atoms with van der Waals surface area (Å²) in [6.07, 6.45) is 3.48. The minimum absolute atomic E-state index is 0.0678. The van der Waals surface area contributed by atoms with E-state index in [1.54, 1.807) is 36.7 Å². The van der Waals surface area contributed by atoms with E-state index in [0.29, 0.717) is 60.9 Å². The van der Waals surface area contributed by atoms with Gasteiger partial charge in [-0.1, -0.05) is 18.2 Å². The molecule has 0 saturated carbocycles. The third kappa shape index (κ3) is 4.56. The van der Waals surface area contributed by atoms with Crippen LogP contribution in [0.4, 0.5) is 17.1 Å². The number of piperazine rings is 1. The van der Waals surface area contributed by atoms with Crippen molar-refractivity contribution in [2.45, 2.75) is 17.4 Å². The van der Waals surface area contributed by atoms with Gasteiger partial charge in [-0.2, -0.15) is 5.26 Å². The maximum atomic E-state index is 15.1. The molecule has 1 saturated heterocycles. The third-order valence-electron chi connectivity index (χ3n) is 8.01. The Hall–Kier alpha value is -4.92. The number of fused-ring (bicyclic) bond motifs is 1. The summed E-state index contributed by atoms with van der Waals surface area (Å²) in [4.78, 5) is 23.4. The van der Waals surface area contributed by atoms with Crippen molar-refractivity contribution in [2.75, 3.05) is 47.7 Å². The molecule has 2 aliphatic heterocycles. The summed E-state index contributed by atoms with van der Waals surface area (Å²) < 4.78 is 35.4. The quantitative estimate of drug-likeness (QED) is 0.318. The molecular formula is C32H30N6O4S. The van der Waals surface area contributed by atoms with Crippen LogP contribution in [0.15, 0.2) is 96.2 Å². The molecule has 2 aliphatic rings. The molecule has 1 atom stereocenters. The summed E-state index contributed by atoms with van der Waals surface area (Å²) in [6, 6.07) is 23.7. The number of carbonyl (C=O) groups excluding carboxylic acids is 1. The lowest BCUT2D eigenvalue weighted by molar-refractivity contribution is -0.127. The summed E-state index contributed by atoms with van der Waals surface area (Å²) in [6.45, 7) is 4.21. The van der Waals surface area contributed by atoms with E-state index in [1.807, 2.05) is 36.1 Å². The second-order valence-electron chi connectivity index (χ2n) is 10.3. The van der Waals surface area contributed by atoms with Crippen LogP contribution in [0.5, 0.6) is 5.75 Å². The van der Waals surface area contributed by atoms with Gasteiger partial charge in [0.05, 0.1) is 28.8 Å². The highest BCUT2D eigenvalue weighted by Gasteiger charge is 2.60. The first-order chi connectivity index (χ1) is 20.8. The van der Waals surface area contributed by atoms with Crippen LogP contribution in [0.3, 0.4) is 0 Å². The van der Waals surface area contributed by atoms with Crippen LogP contribution in [0.1, 0.15) is 23.6 Å². The molecule has 4 aromatic rings. The van der Waals surface area contributed by atoms with Crippen LogP contribution in [0.25, 0.3) is 0 Å². The predicted molar refractivity (Wildman–Crippen MR) is 163 cm³/mol. The van der Waals surface area contributed by atoms with Crippen molar-refractivity contribution in [2.24, 2.45) is 0 Å². The van der Waals surface area contributed by atoms with Gasteiger partial charge in [0.15, 0.2) is 5.54 Å². The van der Waals surface area contributed by atoms with Crippen molar-refractivity contribution >= 4 is 33.0 Å². The number of hydrogen-bond acceptors (Lipinski definition) is 9. The van der Waals surface area contributed by atoms with Gasteiger partial charge in [-0.15, -0.1) is 0 Å². The molecule has 0 bridgehead atoms. The van der Waals surface area contributed by atoms with E-state index in [4.69, 9.17) is 10.5 Å². The number of pyridine rings is 1. The van der Waals surface area contributed by atoms with Crippen LogP contribution in [0.2, 0.25) is 0 Å². The van der Waals surface area contributed by atoms with Crippen molar-refractivity contribution in [3.05, 3.63) is 108 Å². The molecule has 0 spiro atoms. The smallest absolute Gasteiger partial charge is 0.271 e. The van der Waals surface area contributed by atoms with Gasteiger partial charge in [0.2, 0.25) is 0 Å². The molecule has 0 aliphatic carbocycles. The summed E-state index contributed by atoms with van der Waals surface area (Å²) in [5.74, 6) is -0.186. The van der Waals surface area contributed by atoms with Crippen LogP contribution < -0.4 is 19.7 Å². The first-order valence-electron chi connectivity index (χ1n) is 13.9. The highest BCUT2D eigenvalue weighted by Crippen LogP contribution is 2.53. The molecule has 43 heavy (non-hydrogen) atoms. The van der Waals surface area contributed by atoms with E-state index in [-0.39, 0.29) is 10.6 Å². The van der Waals surface area contributed by atoms with Gasteiger partial charge in [-0.25, -0.2) is 12.7 Å². The normalized spacial score (nSPS) is 18.7. The highest BCUT2D eigenvalue weighted by atomic mass is 32.2. The Morgan fingerprint density at radius 3 is 2.33 bits per heavy atom. The fourth-order valence-electron chi connectivity index (χ4n) is 6.07. The number of carbonyl (C=O) groups is 1. The highest BCUT2D eigenvalue weighted by molar-refractivity contribution is 7.93. The number of nitrogens with zero attached hydrogens (tertiary/aromatic N) is 5. The van der Waals surface area contributed by atoms with E-state index in [9.17, 15) is 13.7 Å². The Labute approximate surface area is 250 Å². The number of amides is 1. The van der Waals surface area contributed by atoms with E-state index >= 15 is 4.79 Å². The van der Waals surface area contributed by atoms with E-state index in [0.717, 1.165) is 9.99 Å². The molecule has 1 aromatic heterocycles. The first-order valence-corrected chi connectivity index (χ1v) is 15.4. The lowest BCUT2D eigenvalue weighted by Crippen LogP contribution is -2.60. The zero-order valence-corrected chi connectivity index (χ0v) is 24.4. The van der Waals surface area contributed by atoms with Crippen LogP contribution in [0, 0.1) is 11.3 Å². The first kappa shape index (κ1) is 28.2. The standard InChI is InChI=1S/C32H30N6O4S/c1-2-42-30-6-4-3-5-27(30)32(37-19-17-36(18-20-37)25-13-15-35-16-14-25)28-21-23(22-33)7-12-29(28)38(31(32)39)43(40,41)26-10-8-24(34)9-11-26/h3-16,21H,2,17-20,34H2,1H3. The van der Waals surface area contributed by atoms with E-state index in [2.05, 4.69) is 16.0 Å². The Morgan fingerprint density at radius 1 is 0.953 bits per heavy atom. The number of nitriles is 1. The molecule has 6 rings (SSSR count).